The number of rotatable bonds is 6. The maximum absolute atomic E-state index is 12.6. The number of carbonyl (C=O) groups excluding carboxylic acids is 2. The second-order valence-electron chi connectivity index (χ2n) is 6.24. The van der Waals surface area contributed by atoms with E-state index in [9.17, 15) is 9.59 Å². The molecule has 1 N–H and O–H groups in total. The molecule has 0 bridgehead atoms. The van der Waals surface area contributed by atoms with E-state index in [1.165, 1.54) is 0 Å². The van der Waals surface area contributed by atoms with Crippen LogP contribution in [-0.4, -0.2) is 44.1 Å². The molecule has 1 aliphatic rings. The van der Waals surface area contributed by atoms with E-state index in [4.69, 9.17) is 14.2 Å². The van der Waals surface area contributed by atoms with Gasteiger partial charge in [-0.15, -0.1) is 0 Å². The molecule has 142 valence electrons. The van der Waals surface area contributed by atoms with E-state index in [-0.39, 0.29) is 18.2 Å². The van der Waals surface area contributed by atoms with Crippen LogP contribution in [0.1, 0.15) is 12.0 Å². The van der Waals surface area contributed by atoms with E-state index in [0.29, 0.717) is 29.5 Å². The number of anilines is 1. The van der Waals surface area contributed by atoms with Crippen molar-refractivity contribution in [3.63, 3.8) is 0 Å². The number of nitrogens with one attached hydrogen (secondary N) is 1. The minimum Gasteiger partial charge on any atom is -0.493 e. The summed E-state index contributed by atoms with van der Waals surface area (Å²) in [5.74, 6) is 1.28. The number of hydrogen-bond donors (Lipinski definition) is 1. The fourth-order valence-electron chi connectivity index (χ4n) is 2.88. The standard InChI is InChI=1S/C20H22N2O5/c1-22(12-13-8-9-16(25-2)17(10-13)26-3)19(23)11-18-20(24)21-14-6-4-5-7-15(14)27-18/h4-10,18H,11-12H2,1-3H3,(H,21,24). The van der Waals surface area contributed by atoms with Gasteiger partial charge in [0.25, 0.3) is 5.91 Å². The average molecular weight is 370 g/mol. The molecule has 0 aliphatic carbocycles. The van der Waals surface area contributed by atoms with Crippen molar-refractivity contribution in [1.82, 2.24) is 4.90 Å². The third kappa shape index (κ3) is 4.13. The molecule has 2 aromatic rings. The smallest absolute Gasteiger partial charge is 0.266 e. The number of benzene rings is 2. The van der Waals surface area contributed by atoms with Crippen molar-refractivity contribution < 1.29 is 23.8 Å². The normalized spacial score (nSPS) is 15.2. The number of methoxy groups -OCH3 is 2. The Morgan fingerprint density at radius 1 is 1.15 bits per heavy atom. The van der Waals surface area contributed by atoms with Gasteiger partial charge in [-0.3, -0.25) is 9.59 Å². The highest BCUT2D eigenvalue weighted by molar-refractivity contribution is 5.99. The Morgan fingerprint density at radius 2 is 1.89 bits per heavy atom. The van der Waals surface area contributed by atoms with Crippen LogP contribution < -0.4 is 19.5 Å². The second kappa shape index (κ2) is 7.99. The van der Waals surface area contributed by atoms with Crippen LogP contribution in [0.3, 0.4) is 0 Å². The van der Waals surface area contributed by atoms with Crippen LogP contribution in [0.5, 0.6) is 17.2 Å². The molecular weight excluding hydrogens is 348 g/mol. The Labute approximate surface area is 157 Å². The van der Waals surface area contributed by atoms with Crippen LogP contribution >= 0.6 is 0 Å². The molecule has 27 heavy (non-hydrogen) atoms. The molecule has 3 rings (SSSR count). The van der Waals surface area contributed by atoms with E-state index in [1.807, 2.05) is 24.3 Å². The van der Waals surface area contributed by atoms with Gasteiger partial charge in [0.05, 0.1) is 26.3 Å². The molecule has 0 saturated carbocycles. The fourth-order valence-corrected chi connectivity index (χ4v) is 2.88. The molecule has 0 saturated heterocycles. The van der Waals surface area contributed by atoms with Crippen molar-refractivity contribution in [3.8, 4) is 17.2 Å². The Bertz CT molecular complexity index is 852. The van der Waals surface area contributed by atoms with Crippen LogP contribution in [0.25, 0.3) is 0 Å². The van der Waals surface area contributed by atoms with Crippen LogP contribution in [0.2, 0.25) is 0 Å². The predicted molar refractivity (Wildman–Crippen MR) is 100 cm³/mol. The summed E-state index contributed by atoms with van der Waals surface area (Å²) < 4.78 is 16.2. The SMILES string of the molecule is COc1ccc(CN(C)C(=O)CC2Oc3ccccc3NC2=O)cc1OC. The van der Waals surface area contributed by atoms with Crippen molar-refractivity contribution >= 4 is 17.5 Å². The highest BCUT2D eigenvalue weighted by atomic mass is 16.5. The van der Waals surface area contributed by atoms with Gasteiger partial charge in [0.15, 0.2) is 17.6 Å². The van der Waals surface area contributed by atoms with Gasteiger partial charge in [0.2, 0.25) is 5.91 Å². The monoisotopic (exact) mass is 370 g/mol. The molecule has 7 nitrogen and oxygen atoms in total. The lowest BCUT2D eigenvalue weighted by atomic mass is 10.1. The average Bonchev–Trinajstić information content (AvgIpc) is 2.68. The van der Waals surface area contributed by atoms with E-state index >= 15 is 0 Å². The van der Waals surface area contributed by atoms with Crippen LogP contribution in [0.4, 0.5) is 5.69 Å². The van der Waals surface area contributed by atoms with E-state index in [1.54, 1.807) is 44.4 Å². The molecule has 2 amide bonds. The highest BCUT2D eigenvalue weighted by Gasteiger charge is 2.30. The molecular formula is C20H22N2O5. The van der Waals surface area contributed by atoms with Crippen molar-refractivity contribution in [1.29, 1.82) is 0 Å². The number of para-hydroxylation sites is 2. The molecule has 1 unspecified atom stereocenters. The zero-order chi connectivity index (χ0) is 19.4. The van der Waals surface area contributed by atoms with Crippen molar-refractivity contribution in [2.45, 2.75) is 19.1 Å². The molecule has 7 heteroatoms. The Kier molecular flexibility index (Phi) is 5.49. The van der Waals surface area contributed by atoms with Gasteiger partial charge in [0.1, 0.15) is 5.75 Å². The minimum absolute atomic E-state index is 0.0377. The summed E-state index contributed by atoms with van der Waals surface area (Å²) in [6, 6.07) is 12.6. The molecule has 0 aromatic heterocycles. The Hall–Kier alpha value is -3.22. The van der Waals surface area contributed by atoms with Gasteiger partial charge in [-0.2, -0.15) is 0 Å². The summed E-state index contributed by atoms with van der Waals surface area (Å²) in [6.45, 7) is 0.379. The second-order valence-corrected chi connectivity index (χ2v) is 6.24. The van der Waals surface area contributed by atoms with Gasteiger partial charge < -0.3 is 24.4 Å². The summed E-state index contributed by atoms with van der Waals surface area (Å²) in [4.78, 5) is 26.3. The van der Waals surface area contributed by atoms with Gasteiger partial charge in [-0.25, -0.2) is 0 Å². The maximum atomic E-state index is 12.6. The lowest BCUT2D eigenvalue weighted by Gasteiger charge is -2.27. The molecule has 2 aromatic carbocycles. The number of amides is 2. The maximum Gasteiger partial charge on any atom is 0.266 e. The van der Waals surface area contributed by atoms with Crippen molar-refractivity contribution in [3.05, 3.63) is 48.0 Å². The number of ether oxygens (including phenoxy) is 3. The van der Waals surface area contributed by atoms with E-state index < -0.39 is 6.10 Å². The topological polar surface area (TPSA) is 77.1 Å². The van der Waals surface area contributed by atoms with Crippen LogP contribution in [0.15, 0.2) is 42.5 Å². The third-order valence-corrected chi connectivity index (χ3v) is 4.36. The number of fused-ring (bicyclic) bond motifs is 1. The zero-order valence-electron chi connectivity index (χ0n) is 15.5. The zero-order valence-corrected chi connectivity index (χ0v) is 15.5. The molecule has 1 aliphatic heterocycles. The predicted octanol–water partition coefficient (Wildman–Crippen LogP) is 2.45. The van der Waals surface area contributed by atoms with E-state index in [2.05, 4.69) is 5.32 Å². The summed E-state index contributed by atoms with van der Waals surface area (Å²) in [5, 5.41) is 2.77. The van der Waals surface area contributed by atoms with Crippen LogP contribution in [0, 0.1) is 0 Å². The van der Waals surface area contributed by atoms with Crippen LogP contribution in [-0.2, 0) is 16.1 Å². The summed E-state index contributed by atoms with van der Waals surface area (Å²) in [6.07, 6.45) is -0.885. The van der Waals surface area contributed by atoms with Crippen molar-refractivity contribution in [2.75, 3.05) is 26.6 Å². The highest BCUT2D eigenvalue weighted by Crippen LogP contribution is 2.30. The number of carbonyl (C=O) groups is 2. The summed E-state index contributed by atoms with van der Waals surface area (Å²) >= 11 is 0. The minimum atomic E-state index is -0.847. The number of hydrogen-bond acceptors (Lipinski definition) is 5. The largest absolute Gasteiger partial charge is 0.493 e. The summed E-state index contributed by atoms with van der Waals surface area (Å²) in [5.41, 5.74) is 1.51. The van der Waals surface area contributed by atoms with Crippen molar-refractivity contribution in [2.24, 2.45) is 0 Å². The van der Waals surface area contributed by atoms with E-state index in [0.717, 1.165) is 5.56 Å². The Balaban J connectivity index is 1.64. The molecule has 1 atom stereocenters. The Morgan fingerprint density at radius 3 is 2.63 bits per heavy atom. The van der Waals surface area contributed by atoms with Gasteiger partial charge in [0, 0.05) is 13.6 Å². The van der Waals surface area contributed by atoms with Gasteiger partial charge >= 0.3 is 0 Å². The molecule has 0 spiro atoms. The number of nitrogens with zero attached hydrogens (tertiary/aromatic N) is 1. The van der Waals surface area contributed by atoms with Gasteiger partial charge in [-0.05, 0) is 29.8 Å². The first-order valence-corrected chi connectivity index (χ1v) is 8.53. The lowest BCUT2D eigenvalue weighted by molar-refractivity contribution is -0.136. The van der Waals surface area contributed by atoms with Gasteiger partial charge in [-0.1, -0.05) is 18.2 Å². The first kappa shape index (κ1) is 18.6. The molecule has 1 heterocycles. The fraction of sp³-hybridized carbons (Fsp3) is 0.300. The lowest BCUT2D eigenvalue weighted by Crippen LogP contribution is -2.41. The quantitative estimate of drug-likeness (QED) is 0.845. The molecule has 0 fully saturated rings. The third-order valence-electron chi connectivity index (χ3n) is 4.36. The molecule has 0 radical (unpaired) electrons. The first-order valence-electron chi connectivity index (χ1n) is 8.53. The summed E-state index contributed by atoms with van der Waals surface area (Å²) in [7, 11) is 4.82. The first-order chi connectivity index (χ1) is 13.0.